The van der Waals surface area contributed by atoms with Crippen LogP contribution in [0.25, 0.3) is 0 Å². The van der Waals surface area contributed by atoms with Crippen molar-refractivity contribution in [3.05, 3.63) is 69.3 Å². The van der Waals surface area contributed by atoms with Gasteiger partial charge in [-0.15, -0.1) is 0 Å². The number of halogens is 2. The SMILES string of the molecule is O=COC(C(=O)OC(Cl)c1ccccc1)c1ccc(I)cc1. The molecule has 2 rings (SSSR count). The first-order valence-corrected chi connectivity index (χ1v) is 7.87. The number of carbonyl (C=O) groups is 2. The second kappa shape index (κ2) is 8.14. The zero-order valence-corrected chi connectivity index (χ0v) is 14.2. The molecule has 0 saturated heterocycles. The van der Waals surface area contributed by atoms with E-state index in [9.17, 15) is 9.59 Å². The van der Waals surface area contributed by atoms with Crippen LogP contribution in [0.3, 0.4) is 0 Å². The molecule has 114 valence electrons. The van der Waals surface area contributed by atoms with Gasteiger partial charge in [-0.05, 0) is 34.7 Å². The van der Waals surface area contributed by atoms with Gasteiger partial charge in [-0.1, -0.05) is 54.1 Å². The lowest BCUT2D eigenvalue weighted by Gasteiger charge is -2.17. The van der Waals surface area contributed by atoms with Gasteiger partial charge < -0.3 is 9.47 Å². The molecule has 0 bridgehead atoms. The monoisotopic (exact) mass is 430 g/mol. The fourth-order valence-corrected chi connectivity index (χ4v) is 2.39. The summed E-state index contributed by atoms with van der Waals surface area (Å²) in [6.45, 7) is 0.218. The summed E-state index contributed by atoms with van der Waals surface area (Å²) in [7, 11) is 0. The zero-order chi connectivity index (χ0) is 15.9. The predicted octanol–water partition coefficient (Wildman–Crippen LogP) is 3.99. The van der Waals surface area contributed by atoms with E-state index in [0.29, 0.717) is 11.1 Å². The third-order valence-corrected chi connectivity index (χ3v) is 3.92. The Labute approximate surface area is 146 Å². The van der Waals surface area contributed by atoms with E-state index in [4.69, 9.17) is 21.1 Å². The van der Waals surface area contributed by atoms with E-state index in [1.807, 2.05) is 6.07 Å². The van der Waals surface area contributed by atoms with Crippen LogP contribution in [0.5, 0.6) is 0 Å². The quantitative estimate of drug-likeness (QED) is 0.301. The summed E-state index contributed by atoms with van der Waals surface area (Å²) in [6.07, 6.45) is -1.14. The number of ether oxygens (including phenoxy) is 2. The molecule has 0 spiro atoms. The summed E-state index contributed by atoms with van der Waals surface area (Å²) in [4.78, 5) is 22.9. The summed E-state index contributed by atoms with van der Waals surface area (Å²) < 4.78 is 11.0. The van der Waals surface area contributed by atoms with Gasteiger partial charge in [0.2, 0.25) is 11.7 Å². The highest BCUT2D eigenvalue weighted by atomic mass is 127. The summed E-state index contributed by atoms with van der Waals surface area (Å²) in [6, 6.07) is 15.9. The summed E-state index contributed by atoms with van der Waals surface area (Å²) in [5.41, 5.74) is 0.217. The van der Waals surface area contributed by atoms with Gasteiger partial charge in [-0.3, -0.25) is 4.79 Å². The molecule has 22 heavy (non-hydrogen) atoms. The molecular weight excluding hydrogens is 419 g/mol. The number of rotatable bonds is 6. The van der Waals surface area contributed by atoms with Gasteiger partial charge in [-0.25, -0.2) is 4.79 Å². The van der Waals surface area contributed by atoms with Crippen LogP contribution in [0.1, 0.15) is 22.8 Å². The minimum atomic E-state index is -1.14. The Hall–Kier alpha value is -1.60. The lowest BCUT2D eigenvalue weighted by atomic mass is 10.1. The zero-order valence-electron chi connectivity index (χ0n) is 11.3. The Morgan fingerprint density at radius 1 is 1.05 bits per heavy atom. The maximum Gasteiger partial charge on any atom is 0.354 e. The van der Waals surface area contributed by atoms with E-state index < -0.39 is 17.6 Å². The topological polar surface area (TPSA) is 52.6 Å². The fraction of sp³-hybridized carbons (Fsp3) is 0.125. The first-order valence-electron chi connectivity index (χ1n) is 6.36. The second-order valence-electron chi connectivity index (χ2n) is 4.33. The minimum Gasteiger partial charge on any atom is -0.448 e. The van der Waals surface area contributed by atoms with Crippen molar-refractivity contribution in [1.29, 1.82) is 0 Å². The van der Waals surface area contributed by atoms with E-state index in [0.717, 1.165) is 3.57 Å². The fourth-order valence-electron chi connectivity index (χ4n) is 1.80. The molecule has 2 aromatic carbocycles. The molecule has 0 aromatic heterocycles. The molecule has 0 aliphatic carbocycles. The summed E-state index contributed by atoms with van der Waals surface area (Å²) in [5, 5.41) is 0. The highest BCUT2D eigenvalue weighted by molar-refractivity contribution is 14.1. The van der Waals surface area contributed by atoms with E-state index in [2.05, 4.69) is 22.6 Å². The third kappa shape index (κ3) is 4.45. The molecule has 6 heteroatoms. The number of hydrogen-bond acceptors (Lipinski definition) is 4. The van der Waals surface area contributed by atoms with E-state index >= 15 is 0 Å². The number of carbonyl (C=O) groups excluding carboxylic acids is 2. The van der Waals surface area contributed by atoms with E-state index in [1.165, 1.54) is 0 Å². The molecule has 0 saturated carbocycles. The Bertz CT molecular complexity index is 630. The molecule has 0 amide bonds. The molecule has 2 unspecified atom stereocenters. The average Bonchev–Trinajstić information content (AvgIpc) is 2.54. The average molecular weight is 431 g/mol. The van der Waals surface area contributed by atoms with Crippen LogP contribution in [0.2, 0.25) is 0 Å². The van der Waals surface area contributed by atoms with Crippen molar-refractivity contribution in [2.75, 3.05) is 0 Å². The Morgan fingerprint density at radius 2 is 1.68 bits per heavy atom. The molecule has 2 atom stereocenters. The van der Waals surface area contributed by atoms with Gasteiger partial charge in [0, 0.05) is 14.7 Å². The summed E-state index contributed by atoms with van der Waals surface area (Å²) >= 11 is 8.21. The normalized spacial score (nSPS) is 13.0. The van der Waals surface area contributed by atoms with Crippen LogP contribution in [0, 0.1) is 3.57 Å². The predicted molar refractivity (Wildman–Crippen MR) is 90.2 cm³/mol. The minimum absolute atomic E-state index is 0.218. The van der Waals surface area contributed by atoms with Gasteiger partial charge in [-0.2, -0.15) is 0 Å². The van der Waals surface area contributed by atoms with Gasteiger partial charge in [0.05, 0.1) is 0 Å². The van der Waals surface area contributed by atoms with Crippen LogP contribution in [-0.2, 0) is 19.1 Å². The van der Waals surface area contributed by atoms with Crippen molar-refractivity contribution >= 4 is 46.6 Å². The molecular formula is C16H12ClIO4. The molecule has 0 aliphatic rings. The maximum atomic E-state index is 12.2. The van der Waals surface area contributed by atoms with Crippen molar-refractivity contribution in [2.24, 2.45) is 0 Å². The number of esters is 1. The standard InChI is InChI=1S/C16H12ClIO4/c17-15(12-4-2-1-3-5-12)22-16(20)14(21-10-19)11-6-8-13(18)9-7-11/h1-10,14-15H. The van der Waals surface area contributed by atoms with Crippen LogP contribution in [-0.4, -0.2) is 12.4 Å². The highest BCUT2D eigenvalue weighted by Crippen LogP contribution is 2.26. The molecule has 4 nitrogen and oxygen atoms in total. The third-order valence-electron chi connectivity index (χ3n) is 2.86. The number of hydrogen-bond donors (Lipinski definition) is 0. The van der Waals surface area contributed by atoms with Crippen LogP contribution in [0.15, 0.2) is 54.6 Å². The van der Waals surface area contributed by atoms with E-state index in [1.54, 1.807) is 48.5 Å². The van der Waals surface area contributed by atoms with Gasteiger partial charge >= 0.3 is 5.97 Å². The molecule has 0 N–H and O–H groups in total. The van der Waals surface area contributed by atoms with Crippen molar-refractivity contribution < 1.29 is 19.1 Å². The lowest BCUT2D eigenvalue weighted by molar-refractivity contribution is -0.163. The largest absolute Gasteiger partial charge is 0.448 e. The van der Waals surface area contributed by atoms with Crippen molar-refractivity contribution in [3.8, 4) is 0 Å². The Morgan fingerprint density at radius 3 is 2.27 bits per heavy atom. The van der Waals surface area contributed by atoms with Crippen molar-refractivity contribution in [1.82, 2.24) is 0 Å². The smallest absolute Gasteiger partial charge is 0.354 e. The van der Waals surface area contributed by atoms with E-state index in [-0.39, 0.29) is 6.47 Å². The molecule has 0 aliphatic heterocycles. The van der Waals surface area contributed by atoms with Crippen LogP contribution < -0.4 is 0 Å². The first-order chi connectivity index (χ1) is 10.6. The van der Waals surface area contributed by atoms with Gasteiger partial charge in [0.15, 0.2) is 0 Å². The second-order valence-corrected chi connectivity index (χ2v) is 5.97. The van der Waals surface area contributed by atoms with Gasteiger partial charge in [0.1, 0.15) is 0 Å². The van der Waals surface area contributed by atoms with Crippen molar-refractivity contribution in [2.45, 2.75) is 11.7 Å². The van der Waals surface area contributed by atoms with Crippen molar-refractivity contribution in [3.63, 3.8) is 0 Å². The lowest BCUT2D eigenvalue weighted by Crippen LogP contribution is -2.19. The molecule has 0 radical (unpaired) electrons. The first kappa shape index (κ1) is 16.8. The number of benzene rings is 2. The molecule has 0 heterocycles. The van der Waals surface area contributed by atoms with Crippen LogP contribution >= 0.6 is 34.2 Å². The molecule has 2 aromatic rings. The Balaban J connectivity index is 2.13. The Kier molecular flexibility index (Phi) is 6.21. The highest BCUT2D eigenvalue weighted by Gasteiger charge is 2.26. The number of alkyl halides is 1. The van der Waals surface area contributed by atoms with Crippen LogP contribution in [0.4, 0.5) is 0 Å². The molecule has 0 fully saturated rings. The maximum absolute atomic E-state index is 12.2. The van der Waals surface area contributed by atoms with Gasteiger partial charge in [0.25, 0.3) is 6.47 Å². The summed E-state index contributed by atoms with van der Waals surface area (Å²) in [5.74, 6) is -0.725.